The molecule has 0 N–H and O–H groups in total. The molecule has 10 heavy (non-hydrogen) atoms. The van der Waals surface area contributed by atoms with Crippen molar-refractivity contribution >= 4 is 5.97 Å². The molecule has 0 aromatic carbocycles. The van der Waals surface area contributed by atoms with E-state index in [2.05, 4.69) is 0 Å². The first-order chi connectivity index (χ1) is 4.98. The van der Waals surface area contributed by atoms with E-state index < -0.39 is 0 Å². The topological polar surface area (TPSA) is 26.3 Å². The third-order valence-electron chi connectivity index (χ3n) is 1.00. The summed E-state index contributed by atoms with van der Waals surface area (Å²) in [4.78, 5) is 10.3. The van der Waals surface area contributed by atoms with Crippen molar-refractivity contribution < 1.29 is 15.4 Å². The highest BCUT2D eigenvalue weighted by atomic mass is 16.5. The lowest BCUT2D eigenvalue weighted by molar-refractivity contribution is -0.870. The standard InChI is InChI=1S/C7H16NO2/c1-7(9)10-6-5-8(2,3)4/h5-6H2,1-4H3/q+1/i2D. The molecule has 60 valence electrons. The average molecular weight is 147 g/mol. The summed E-state index contributed by atoms with van der Waals surface area (Å²) in [5.74, 6) is -0.255. The average Bonchev–Trinajstić information content (AvgIpc) is 1.87. The summed E-state index contributed by atoms with van der Waals surface area (Å²) in [6.45, 7) is 2.49. The van der Waals surface area contributed by atoms with Gasteiger partial charge >= 0.3 is 5.97 Å². The van der Waals surface area contributed by atoms with Crippen LogP contribution in [-0.2, 0) is 9.53 Å². The fourth-order valence-electron chi connectivity index (χ4n) is 0.436. The van der Waals surface area contributed by atoms with Gasteiger partial charge in [0.2, 0.25) is 0 Å². The molecule has 0 aliphatic carbocycles. The van der Waals surface area contributed by atoms with Gasteiger partial charge in [0.15, 0.2) is 0 Å². The van der Waals surface area contributed by atoms with Crippen LogP contribution in [0.4, 0.5) is 0 Å². The summed E-state index contributed by atoms with van der Waals surface area (Å²) in [6, 6.07) is 0. The first kappa shape index (κ1) is 7.54. The quantitative estimate of drug-likeness (QED) is 0.422. The van der Waals surface area contributed by atoms with E-state index in [0.717, 1.165) is 0 Å². The number of hydrogen-bond acceptors (Lipinski definition) is 2. The molecular weight excluding hydrogens is 130 g/mol. The molecule has 0 spiro atoms. The zero-order chi connectivity index (χ0) is 8.91. The maximum Gasteiger partial charge on any atom is 0.302 e. The predicted octanol–water partition coefficient (Wildman–Crippen LogP) is 0.256. The summed E-state index contributed by atoms with van der Waals surface area (Å²) in [5, 5.41) is 0. The maximum atomic E-state index is 10.3. The van der Waals surface area contributed by atoms with Crippen molar-refractivity contribution in [2.24, 2.45) is 0 Å². The Kier molecular flexibility index (Phi) is 2.68. The molecule has 0 fully saturated rings. The lowest BCUT2D eigenvalue weighted by Crippen LogP contribution is -2.37. The third kappa shape index (κ3) is 7.43. The van der Waals surface area contributed by atoms with Crippen molar-refractivity contribution in [2.75, 3.05) is 34.3 Å². The summed E-state index contributed by atoms with van der Waals surface area (Å²) < 4.78 is 12.4. The molecule has 0 saturated carbocycles. The van der Waals surface area contributed by atoms with E-state index in [1.807, 2.05) is 14.1 Å². The van der Waals surface area contributed by atoms with Crippen LogP contribution < -0.4 is 0 Å². The lowest BCUT2D eigenvalue weighted by Gasteiger charge is -2.23. The second kappa shape index (κ2) is 3.56. The molecule has 0 aliphatic rings. The van der Waals surface area contributed by atoms with Crippen LogP contribution in [0.3, 0.4) is 0 Å². The van der Waals surface area contributed by atoms with E-state index in [1.165, 1.54) is 6.92 Å². The molecule has 0 aromatic heterocycles. The van der Waals surface area contributed by atoms with E-state index in [4.69, 9.17) is 6.11 Å². The van der Waals surface area contributed by atoms with Crippen molar-refractivity contribution in [3.05, 3.63) is 0 Å². The molecule has 0 aliphatic heterocycles. The Bertz CT molecular complexity index is 136. The van der Waals surface area contributed by atoms with Gasteiger partial charge in [-0.25, -0.2) is 0 Å². The van der Waals surface area contributed by atoms with Gasteiger partial charge in [-0.1, -0.05) is 0 Å². The maximum absolute atomic E-state index is 10.3. The van der Waals surface area contributed by atoms with Gasteiger partial charge in [-0.3, -0.25) is 4.79 Å². The Morgan fingerprint density at radius 3 is 2.70 bits per heavy atom. The molecule has 0 rings (SSSR count). The zero-order valence-electron chi connectivity index (χ0n) is 7.89. The monoisotopic (exact) mass is 147 g/mol. The van der Waals surface area contributed by atoms with E-state index >= 15 is 0 Å². The van der Waals surface area contributed by atoms with Crippen molar-refractivity contribution in [1.82, 2.24) is 0 Å². The Morgan fingerprint density at radius 2 is 2.30 bits per heavy atom. The number of rotatable bonds is 3. The van der Waals surface area contributed by atoms with Crippen molar-refractivity contribution in [2.45, 2.75) is 6.92 Å². The number of quaternary nitrogens is 1. The number of hydrogen-bond donors (Lipinski definition) is 0. The minimum atomic E-state index is -0.255. The number of likely N-dealkylation sites (N-methyl/N-ethyl adjacent to an activating group) is 1. The minimum Gasteiger partial charge on any atom is -0.460 e. The highest BCUT2D eigenvalue weighted by Gasteiger charge is 2.06. The van der Waals surface area contributed by atoms with Crippen LogP contribution >= 0.6 is 0 Å². The molecule has 0 radical (unpaired) electrons. The Labute approximate surface area is 63.6 Å². The van der Waals surface area contributed by atoms with Crippen LogP contribution in [0.1, 0.15) is 8.29 Å². The fourth-order valence-corrected chi connectivity index (χ4v) is 0.436. The SMILES string of the molecule is [2H]C[N+](C)(C)CCOC(C)=O. The largest absolute Gasteiger partial charge is 0.460 e. The number of esters is 1. The Hall–Kier alpha value is -0.570. The van der Waals surface area contributed by atoms with Crippen LogP contribution in [0.25, 0.3) is 0 Å². The smallest absolute Gasteiger partial charge is 0.302 e. The van der Waals surface area contributed by atoms with E-state index in [0.29, 0.717) is 24.7 Å². The Balaban J connectivity index is 3.45. The van der Waals surface area contributed by atoms with Crippen LogP contribution in [-0.4, -0.2) is 44.7 Å². The first-order valence-corrected chi connectivity index (χ1v) is 3.22. The molecule has 0 amide bonds. The molecule has 3 nitrogen and oxygen atoms in total. The zero-order valence-corrected chi connectivity index (χ0v) is 6.89. The van der Waals surface area contributed by atoms with Crippen LogP contribution in [0.15, 0.2) is 0 Å². The van der Waals surface area contributed by atoms with Crippen molar-refractivity contribution in [3.63, 3.8) is 0 Å². The van der Waals surface area contributed by atoms with Gasteiger partial charge < -0.3 is 9.22 Å². The molecule has 0 atom stereocenters. The van der Waals surface area contributed by atoms with E-state index in [-0.39, 0.29) is 5.97 Å². The van der Waals surface area contributed by atoms with Gasteiger partial charge in [0.05, 0.1) is 22.5 Å². The predicted molar refractivity (Wildman–Crippen MR) is 39.5 cm³/mol. The number of carbonyl (C=O) groups excluding carboxylic acids is 1. The van der Waals surface area contributed by atoms with Gasteiger partial charge in [-0.2, -0.15) is 0 Å². The molecule has 0 heterocycles. The van der Waals surface area contributed by atoms with Crippen molar-refractivity contribution in [1.29, 1.82) is 0 Å². The van der Waals surface area contributed by atoms with Gasteiger partial charge in [0.1, 0.15) is 13.2 Å². The van der Waals surface area contributed by atoms with Gasteiger partial charge in [0.25, 0.3) is 0 Å². The van der Waals surface area contributed by atoms with Gasteiger partial charge in [0, 0.05) is 6.92 Å². The molecule has 0 unspecified atom stereocenters. The lowest BCUT2D eigenvalue weighted by atomic mass is 10.5. The highest BCUT2D eigenvalue weighted by Crippen LogP contribution is 1.88. The second-order valence-electron chi connectivity index (χ2n) is 3.00. The molecule has 3 heteroatoms. The summed E-state index contributed by atoms with van der Waals surface area (Å²) in [5.41, 5.74) is 0. The van der Waals surface area contributed by atoms with E-state index in [1.54, 1.807) is 0 Å². The molecular formula is C7H16NO2+. The normalized spacial score (nSPS) is 12.5. The van der Waals surface area contributed by atoms with Crippen molar-refractivity contribution in [3.8, 4) is 0 Å². The molecule has 0 bridgehead atoms. The molecule has 0 saturated heterocycles. The Morgan fingerprint density at radius 1 is 1.70 bits per heavy atom. The molecule has 0 aromatic rings. The number of ether oxygens (including phenoxy) is 1. The second-order valence-corrected chi connectivity index (χ2v) is 3.00. The van der Waals surface area contributed by atoms with Crippen LogP contribution in [0, 0.1) is 0 Å². The summed E-state index contributed by atoms with van der Waals surface area (Å²) in [6.07, 6.45) is 0. The third-order valence-corrected chi connectivity index (χ3v) is 1.00. The summed E-state index contributed by atoms with van der Waals surface area (Å²) >= 11 is 0. The van der Waals surface area contributed by atoms with Gasteiger partial charge in [-0.05, 0) is 0 Å². The summed E-state index contributed by atoms with van der Waals surface area (Å²) in [7, 11) is 4.16. The number of carbonyl (C=O) groups is 1. The minimum absolute atomic E-state index is 0.255. The van der Waals surface area contributed by atoms with E-state index in [9.17, 15) is 4.79 Å². The highest BCUT2D eigenvalue weighted by molar-refractivity contribution is 5.65. The first-order valence-electron chi connectivity index (χ1n) is 3.93. The fraction of sp³-hybridized carbons (Fsp3) is 0.857. The number of nitrogens with zero attached hydrogens (tertiary/aromatic N) is 1. The van der Waals surface area contributed by atoms with Crippen LogP contribution in [0.2, 0.25) is 0 Å². The van der Waals surface area contributed by atoms with Gasteiger partial charge in [-0.15, -0.1) is 0 Å². The van der Waals surface area contributed by atoms with Crippen LogP contribution in [0.5, 0.6) is 0 Å².